The molecule has 0 fully saturated rings. The molecule has 3 N–H and O–H groups in total. The fourth-order valence-corrected chi connectivity index (χ4v) is 2.63. The third-order valence-corrected chi connectivity index (χ3v) is 4.51. The molecule has 1 aromatic carbocycles. The van der Waals surface area contributed by atoms with E-state index in [-0.39, 0.29) is 12.5 Å². The zero-order valence-electron chi connectivity index (χ0n) is 10.8. The van der Waals surface area contributed by atoms with Crippen molar-refractivity contribution in [2.45, 2.75) is 0 Å². The predicted molar refractivity (Wildman–Crippen MR) is 89.9 cm³/mol. The summed E-state index contributed by atoms with van der Waals surface area (Å²) in [5, 5.41) is 2.45. The Morgan fingerprint density at radius 3 is 2.20 bits per heavy atom. The maximum Gasteiger partial charge on any atom is 0.248 e. The lowest BCUT2D eigenvalue weighted by molar-refractivity contribution is -0.122. The zero-order chi connectivity index (χ0) is 14.8. The van der Waals surface area contributed by atoms with Crippen LogP contribution >= 0.6 is 30.3 Å². The summed E-state index contributed by atoms with van der Waals surface area (Å²) in [6.07, 6.45) is 1.85. The molecule has 1 aromatic rings. The van der Waals surface area contributed by atoms with E-state index in [0.717, 1.165) is 6.54 Å². The molecule has 2 amide bonds. The van der Waals surface area contributed by atoms with E-state index in [9.17, 15) is 9.59 Å². The maximum absolute atomic E-state index is 11.4. The Bertz CT molecular complexity index is 441. The summed E-state index contributed by atoms with van der Waals surface area (Å²) in [5.74, 6) is -0.742. The first-order chi connectivity index (χ1) is 9.63. The van der Waals surface area contributed by atoms with Gasteiger partial charge in [0.15, 0.2) is 0 Å². The Labute approximate surface area is 134 Å². The van der Waals surface area contributed by atoms with Crippen LogP contribution in [0.25, 0.3) is 0 Å². The number of halogens is 1. The molecule has 20 heavy (non-hydrogen) atoms. The second-order valence-electron chi connectivity index (χ2n) is 3.92. The molecule has 0 aromatic heterocycles. The summed E-state index contributed by atoms with van der Waals surface area (Å²) in [6, 6.07) is 12.0. The van der Waals surface area contributed by atoms with Crippen LogP contribution in [0.3, 0.4) is 0 Å². The number of nitrogens with one attached hydrogen (secondary N) is 1. The number of primary amides is 1. The third-order valence-electron chi connectivity index (χ3n) is 2.37. The Morgan fingerprint density at radius 1 is 1.25 bits per heavy atom. The number of rotatable bonds is 4. The Morgan fingerprint density at radius 2 is 1.80 bits per heavy atom. The van der Waals surface area contributed by atoms with E-state index < -0.39 is 5.91 Å². The van der Waals surface area contributed by atoms with Gasteiger partial charge in [-0.15, -0.1) is 0 Å². The van der Waals surface area contributed by atoms with Crippen molar-refractivity contribution in [2.75, 3.05) is 19.6 Å². The number of hydrogen-bond acceptors (Lipinski definition) is 4. The van der Waals surface area contributed by atoms with Gasteiger partial charge in [0.25, 0.3) is 0 Å². The molecule has 5 nitrogen and oxygen atoms in total. The van der Waals surface area contributed by atoms with E-state index in [1.165, 1.54) is 0 Å². The van der Waals surface area contributed by atoms with E-state index in [4.69, 9.17) is 5.73 Å². The Balaban J connectivity index is 0.000000276. The topological polar surface area (TPSA) is 75.4 Å². The number of benzene rings is 1. The van der Waals surface area contributed by atoms with Crippen molar-refractivity contribution < 1.29 is 9.59 Å². The molecule has 0 bridgehead atoms. The smallest absolute Gasteiger partial charge is 0.248 e. The molecular formula is C13H16IN3O2S. The van der Waals surface area contributed by atoms with E-state index in [2.05, 4.69) is 26.5 Å². The van der Waals surface area contributed by atoms with Crippen LogP contribution in [0.2, 0.25) is 0 Å². The van der Waals surface area contributed by atoms with Gasteiger partial charge in [-0.2, -0.15) is 0 Å². The van der Waals surface area contributed by atoms with Crippen LogP contribution in [0.1, 0.15) is 0 Å². The molecule has 1 aliphatic heterocycles. The van der Waals surface area contributed by atoms with Crippen LogP contribution in [-0.4, -0.2) is 35.8 Å². The highest BCUT2D eigenvalue weighted by Crippen LogP contribution is 2.23. The first-order valence-electron chi connectivity index (χ1n) is 5.92. The molecule has 1 aliphatic rings. The van der Waals surface area contributed by atoms with Crippen molar-refractivity contribution in [3.63, 3.8) is 0 Å². The average Bonchev–Trinajstić information content (AvgIpc) is 2.96. The van der Waals surface area contributed by atoms with Crippen LogP contribution in [0.4, 0.5) is 0 Å². The van der Waals surface area contributed by atoms with Gasteiger partial charge < -0.3 is 11.1 Å². The molecular weight excluding hydrogens is 389 g/mol. The third kappa shape index (κ3) is 6.92. The molecule has 0 atom stereocenters. The summed E-state index contributed by atoms with van der Waals surface area (Å²) >= 11 is 2.16. The number of nitrogens with two attached hydrogens (primary N) is 1. The normalized spacial score (nSPS) is 13.9. The highest BCUT2D eigenvalue weighted by Gasteiger charge is 2.19. The van der Waals surface area contributed by atoms with E-state index in [0.29, 0.717) is 12.1 Å². The van der Waals surface area contributed by atoms with Gasteiger partial charge in [-0.05, 0) is 9.12 Å². The van der Waals surface area contributed by atoms with Crippen LogP contribution in [0.5, 0.6) is 0 Å². The number of amides is 2. The van der Waals surface area contributed by atoms with Crippen molar-refractivity contribution >= 4 is 42.1 Å². The zero-order valence-corrected chi connectivity index (χ0v) is 13.8. The quantitative estimate of drug-likeness (QED) is 0.589. The van der Waals surface area contributed by atoms with Crippen LogP contribution < -0.4 is 11.1 Å². The fourth-order valence-electron chi connectivity index (χ4n) is 1.41. The lowest BCUT2D eigenvalue weighted by Gasteiger charge is -2.09. The van der Waals surface area contributed by atoms with Crippen LogP contribution in [-0.2, 0) is 9.59 Å². The monoisotopic (exact) mass is 405 g/mol. The molecule has 2 rings (SSSR count). The Kier molecular flexibility index (Phi) is 8.31. The van der Waals surface area contributed by atoms with Gasteiger partial charge in [0.1, 0.15) is 0 Å². The van der Waals surface area contributed by atoms with E-state index in [1.807, 2.05) is 46.8 Å². The number of carbonyl (C=O) groups excluding carboxylic acids is 2. The fraction of sp³-hybridized carbons (Fsp3) is 0.231. The van der Waals surface area contributed by atoms with Gasteiger partial charge in [0, 0.05) is 39.9 Å². The molecule has 0 saturated heterocycles. The second-order valence-corrected chi connectivity index (χ2v) is 5.76. The van der Waals surface area contributed by atoms with Gasteiger partial charge in [-0.3, -0.25) is 9.59 Å². The SMILES string of the molecule is NC(=O)CNC(=O)C1=CCN(SI)C1.c1ccccc1. The van der Waals surface area contributed by atoms with Crippen LogP contribution in [0.15, 0.2) is 48.0 Å². The minimum absolute atomic E-state index is 0.104. The molecule has 0 unspecified atom stereocenters. The van der Waals surface area contributed by atoms with Gasteiger partial charge >= 0.3 is 0 Å². The van der Waals surface area contributed by atoms with Crippen molar-refractivity contribution in [1.29, 1.82) is 0 Å². The van der Waals surface area contributed by atoms with Gasteiger partial charge in [0.05, 0.1) is 6.54 Å². The molecule has 0 saturated carbocycles. The summed E-state index contributed by atoms with van der Waals surface area (Å²) in [4.78, 5) is 21.8. The minimum atomic E-state index is -0.530. The van der Waals surface area contributed by atoms with Crippen LogP contribution in [0, 0.1) is 0 Å². The first kappa shape index (κ1) is 17.0. The number of nitrogens with zero attached hydrogens (tertiary/aromatic N) is 1. The molecule has 0 spiro atoms. The summed E-state index contributed by atoms with van der Waals surface area (Å²) in [6.45, 7) is 1.26. The largest absolute Gasteiger partial charge is 0.368 e. The summed E-state index contributed by atoms with van der Waals surface area (Å²) in [5.41, 5.74) is 5.59. The minimum Gasteiger partial charge on any atom is -0.368 e. The van der Waals surface area contributed by atoms with Gasteiger partial charge in [0.2, 0.25) is 11.8 Å². The number of hydrogen-bond donors (Lipinski definition) is 2. The molecule has 7 heteroatoms. The standard InChI is InChI=1S/C7H10IN3O2S.C6H6/c8-14-11-2-1-5(4-11)7(13)10-3-6(9)12;1-2-4-6-5-3-1/h1H,2-4H2,(H2,9,12)(H,10,13);1-6H. The Hall–Kier alpha value is -1.06. The van der Waals surface area contributed by atoms with E-state index in [1.54, 1.807) is 9.12 Å². The molecule has 1 heterocycles. The maximum atomic E-state index is 11.4. The van der Waals surface area contributed by atoms with Crippen molar-refractivity contribution in [1.82, 2.24) is 9.62 Å². The summed E-state index contributed by atoms with van der Waals surface area (Å²) < 4.78 is 2.03. The average molecular weight is 405 g/mol. The highest BCUT2D eigenvalue weighted by atomic mass is 127. The molecule has 108 valence electrons. The van der Waals surface area contributed by atoms with Gasteiger partial charge in [-0.25, -0.2) is 4.31 Å². The first-order valence-corrected chi connectivity index (χ1v) is 9.24. The number of carbonyl (C=O) groups is 2. The lowest BCUT2D eigenvalue weighted by atomic mass is 10.2. The second kappa shape index (κ2) is 9.78. The van der Waals surface area contributed by atoms with Crippen molar-refractivity contribution in [2.24, 2.45) is 5.73 Å². The predicted octanol–water partition coefficient (Wildman–Crippen LogP) is 1.51. The van der Waals surface area contributed by atoms with Crippen molar-refractivity contribution in [3.8, 4) is 0 Å². The summed E-state index contributed by atoms with van der Waals surface area (Å²) in [7, 11) is 1.56. The van der Waals surface area contributed by atoms with Crippen molar-refractivity contribution in [3.05, 3.63) is 48.0 Å². The highest BCUT2D eigenvalue weighted by molar-refractivity contribution is 14.2. The van der Waals surface area contributed by atoms with E-state index >= 15 is 0 Å². The molecule has 0 aliphatic carbocycles. The lowest BCUT2D eigenvalue weighted by Crippen LogP contribution is -2.34. The molecule has 0 radical (unpaired) electrons. The van der Waals surface area contributed by atoms with Gasteiger partial charge in [-0.1, -0.05) is 42.5 Å².